The van der Waals surface area contributed by atoms with Crippen molar-refractivity contribution in [2.45, 2.75) is 52.5 Å². The molecule has 0 saturated heterocycles. The van der Waals surface area contributed by atoms with Gasteiger partial charge in [0.15, 0.2) is 11.6 Å². The third-order valence-electron chi connectivity index (χ3n) is 2.56. The molecule has 0 radical (unpaired) electrons. The van der Waals surface area contributed by atoms with E-state index in [2.05, 4.69) is 38.0 Å². The Hall–Kier alpha value is -1.25. The Balaban J connectivity index is 2.75. The number of hydrogen-bond donors (Lipinski definition) is 1. The van der Waals surface area contributed by atoms with Crippen LogP contribution in [0.15, 0.2) is 18.3 Å². The van der Waals surface area contributed by atoms with E-state index in [1.807, 2.05) is 12.1 Å². The third-order valence-corrected chi connectivity index (χ3v) is 2.56. The summed E-state index contributed by atoms with van der Waals surface area (Å²) >= 11 is 0. The number of nitrogens with one attached hydrogen (secondary N) is 1. The molecule has 0 spiro atoms. The van der Waals surface area contributed by atoms with E-state index in [9.17, 15) is 0 Å². The molecule has 0 aliphatic rings. The van der Waals surface area contributed by atoms with Crippen molar-refractivity contribution in [1.82, 2.24) is 4.98 Å². The van der Waals surface area contributed by atoms with Gasteiger partial charge in [-0.3, -0.25) is 0 Å². The summed E-state index contributed by atoms with van der Waals surface area (Å²) in [5, 5.41) is 3.46. The summed E-state index contributed by atoms with van der Waals surface area (Å²) in [5.74, 6) is 1.69. The first-order chi connectivity index (χ1) is 8.09. The molecule has 3 nitrogen and oxygen atoms in total. The Morgan fingerprint density at radius 3 is 2.71 bits per heavy atom. The van der Waals surface area contributed by atoms with Gasteiger partial charge in [-0.1, -0.05) is 20.3 Å². The van der Waals surface area contributed by atoms with Gasteiger partial charge in [0.25, 0.3) is 0 Å². The number of ether oxygens (including phenoxy) is 1. The number of hydrogen-bond acceptors (Lipinski definition) is 3. The largest absolute Gasteiger partial charge is 0.490 e. The Kier molecular flexibility index (Phi) is 5.26. The van der Waals surface area contributed by atoms with Gasteiger partial charge in [-0.2, -0.15) is 0 Å². The molecule has 0 fully saturated rings. The van der Waals surface area contributed by atoms with Crippen molar-refractivity contribution < 1.29 is 4.74 Å². The van der Waals surface area contributed by atoms with E-state index in [0.717, 1.165) is 37.4 Å². The molecule has 1 rings (SSSR count). The van der Waals surface area contributed by atoms with Crippen LogP contribution in [0, 0.1) is 0 Å². The van der Waals surface area contributed by atoms with Crippen LogP contribution in [0.2, 0.25) is 0 Å². The molecular weight excluding hydrogens is 212 g/mol. The molecule has 3 heteroatoms. The predicted octanol–water partition coefficient (Wildman–Crippen LogP) is 3.86. The fraction of sp³-hybridized carbons (Fsp3) is 0.643. The van der Waals surface area contributed by atoms with Gasteiger partial charge >= 0.3 is 0 Å². The van der Waals surface area contributed by atoms with Crippen molar-refractivity contribution in [3.8, 4) is 5.75 Å². The van der Waals surface area contributed by atoms with Gasteiger partial charge in [-0.15, -0.1) is 0 Å². The second-order valence-electron chi connectivity index (χ2n) is 4.96. The van der Waals surface area contributed by atoms with Gasteiger partial charge in [0.2, 0.25) is 0 Å². The van der Waals surface area contributed by atoms with E-state index in [-0.39, 0.29) is 5.54 Å². The lowest BCUT2D eigenvalue weighted by molar-refractivity contribution is 0.316. The summed E-state index contributed by atoms with van der Waals surface area (Å²) < 4.78 is 5.69. The van der Waals surface area contributed by atoms with E-state index in [1.165, 1.54) is 0 Å². The van der Waals surface area contributed by atoms with E-state index in [1.54, 1.807) is 6.20 Å². The smallest absolute Gasteiger partial charge is 0.169 e. The topological polar surface area (TPSA) is 34.1 Å². The molecule has 0 saturated carbocycles. The molecule has 0 bridgehead atoms. The first-order valence-electron chi connectivity index (χ1n) is 6.45. The average Bonchev–Trinajstić information content (AvgIpc) is 2.27. The highest BCUT2D eigenvalue weighted by Gasteiger charge is 2.18. The fourth-order valence-electron chi connectivity index (χ4n) is 1.82. The highest BCUT2D eigenvalue weighted by atomic mass is 16.5. The van der Waals surface area contributed by atoms with Crippen LogP contribution in [0.25, 0.3) is 0 Å². The zero-order chi connectivity index (χ0) is 12.7. The van der Waals surface area contributed by atoms with E-state index in [4.69, 9.17) is 4.74 Å². The molecule has 17 heavy (non-hydrogen) atoms. The lowest BCUT2D eigenvalue weighted by Gasteiger charge is -2.27. The van der Waals surface area contributed by atoms with Crippen LogP contribution in [0.1, 0.15) is 47.0 Å². The lowest BCUT2D eigenvalue weighted by Crippen LogP contribution is -2.31. The first-order valence-corrected chi connectivity index (χ1v) is 6.45. The lowest BCUT2D eigenvalue weighted by atomic mass is 9.99. The summed E-state index contributed by atoms with van der Waals surface area (Å²) in [6.45, 7) is 9.40. The van der Waals surface area contributed by atoms with Crippen LogP contribution in [-0.4, -0.2) is 17.1 Å². The zero-order valence-electron chi connectivity index (χ0n) is 11.4. The molecule has 0 aliphatic heterocycles. The number of aromatic nitrogens is 1. The Labute approximate surface area is 105 Å². The minimum absolute atomic E-state index is 0.0490. The molecule has 1 N–H and O–H groups in total. The third kappa shape index (κ3) is 4.63. The van der Waals surface area contributed by atoms with Crippen LogP contribution in [0.5, 0.6) is 5.75 Å². The SMILES string of the molecule is CCCOc1cccnc1NC(C)(C)CCC. The summed E-state index contributed by atoms with van der Waals surface area (Å²) in [6.07, 6.45) is 5.06. The maximum atomic E-state index is 5.69. The normalized spacial score (nSPS) is 11.3. The quantitative estimate of drug-likeness (QED) is 0.780. The molecule has 0 aliphatic carbocycles. The summed E-state index contributed by atoms with van der Waals surface area (Å²) in [4.78, 5) is 4.36. The van der Waals surface area contributed by atoms with Crippen molar-refractivity contribution in [1.29, 1.82) is 0 Å². The van der Waals surface area contributed by atoms with Crippen LogP contribution in [-0.2, 0) is 0 Å². The summed E-state index contributed by atoms with van der Waals surface area (Å²) in [6, 6.07) is 3.87. The van der Waals surface area contributed by atoms with Crippen molar-refractivity contribution in [2.75, 3.05) is 11.9 Å². The van der Waals surface area contributed by atoms with Crippen LogP contribution in [0.4, 0.5) is 5.82 Å². The molecule has 0 aromatic carbocycles. The average molecular weight is 236 g/mol. The number of pyridine rings is 1. The Morgan fingerprint density at radius 1 is 1.29 bits per heavy atom. The molecule has 1 aromatic rings. The van der Waals surface area contributed by atoms with E-state index >= 15 is 0 Å². The number of nitrogens with zero attached hydrogens (tertiary/aromatic N) is 1. The second kappa shape index (κ2) is 6.48. The molecule has 1 aromatic heterocycles. The molecule has 1 heterocycles. The molecule has 0 atom stereocenters. The monoisotopic (exact) mass is 236 g/mol. The van der Waals surface area contributed by atoms with Crippen LogP contribution in [0.3, 0.4) is 0 Å². The van der Waals surface area contributed by atoms with Gasteiger partial charge in [-0.25, -0.2) is 4.98 Å². The number of rotatable bonds is 7. The van der Waals surface area contributed by atoms with Gasteiger partial charge in [0.1, 0.15) is 0 Å². The fourth-order valence-corrected chi connectivity index (χ4v) is 1.82. The van der Waals surface area contributed by atoms with Crippen LogP contribution >= 0.6 is 0 Å². The predicted molar refractivity (Wildman–Crippen MR) is 72.6 cm³/mol. The minimum Gasteiger partial charge on any atom is -0.490 e. The second-order valence-corrected chi connectivity index (χ2v) is 4.96. The van der Waals surface area contributed by atoms with E-state index in [0.29, 0.717) is 0 Å². The molecule has 0 amide bonds. The van der Waals surface area contributed by atoms with Crippen molar-refractivity contribution in [3.05, 3.63) is 18.3 Å². The highest BCUT2D eigenvalue weighted by Crippen LogP contribution is 2.26. The summed E-state index contributed by atoms with van der Waals surface area (Å²) in [7, 11) is 0. The van der Waals surface area contributed by atoms with Gasteiger partial charge < -0.3 is 10.1 Å². The summed E-state index contributed by atoms with van der Waals surface area (Å²) in [5.41, 5.74) is 0.0490. The van der Waals surface area contributed by atoms with Crippen molar-refractivity contribution in [2.24, 2.45) is 0 Å². The first kappa shape index (κ1) is 13.8. The van der Waals surface area contributed by atoms with Gasteiger partial charge in [0, 0.05) is 11.7 Å². The molecule has 96 valence electrons. The van der Waals surface area contributed by atoms with Crippen molar-refractivity contribution >= 4 is 5.82 Å². The number of anilines is 1. The zero-order valence-corrected chi connectivity index (χ0v) is 11.4. The Morgan fingerprint density at radius 2 is 2.06 bits per heavy atom. The maximum absolute atomic E-state index is 5.69. The van der Waals surface area contributed by atoms with Crippen LogP contribution < -0.4 is 10.1 Å². The highest BCUT2D eigenvalue weighted by molar-refractivity contribution is 5.51. The van der Waals surface area contributed by atoms with Gasteiger partial charge in [0.05, 0.1) is 6.61 Å². The van der Waals surface area contributed by atoms with Gasteiger partial charge in [-0.05, 0) is 38.8 Å². The molecule has 0 unspecified atom stereocenters. The standard InChI is InChI=1S/C14H24N2O/c1-5-9-14(3,4)16-13-12(17-11-6-2)8-7-10-15-13/h7-8,10H,5-6,9,11H2,1-4H3,(H,15,16). The minimum atomic E-state index is 0.0490. The maximum Gasteiger partial charge on any atom is 0.169 e. The van der Waals surface area contributed by atoms with Crippen molar-refractivity contribution in [3.63, 3.8) is 0 Å². The van der Waals surface area contributed by atoms with E-state index < -0.39 is 0 Å². The molecular formula is C14H24N2O. The Bertz CT molecular complexity index is 337.